The van der Waals surface area contributed by atoms with Gasteiger partial charge in [-0.25, -0.2) is 0 Å². The zero-order valence-corrected chi connectivity index (χ0v) is 15.9. The zero-order valence-electron chi connectivity index (χ0n) is 15.9. The lowest BCUT2D eigenvalue weighted by Crippen LogP contribution is -2.62. The molecule has 0 bridgehead atoms. The molecule has 1 aromatic carbocycles. The first-order chi connectivity index (χ1) is 13.3. The number of carbonyl (C=O) groups excluding carboxylic acids is 3. The van der Waals surface area contributed by atoms with Gasteiger partial charge in [0.25, 0.3) is 0 Å². The van der Waals surface area contributed by atoms with Crippen molar-refractivity contribution in [2.45, 2.75) is 58.1 Å². The Kier molecular flexibility index (Phi) is 7.91. The number of aliphatic hydroxyl groups is 1. The van der Waals surface area contributed by atoms with Crippen molar-refractivity contribution in [2.75, 3.05) is 6.61 Å². The molecule has 1 N–H and O–H groups in total. The highest BCUT2D eigenvalue weighted by Gasteiger charge is 2.50. The third kappa shape index (κ3) is 6.29. The van der Waals surface area contributed by atoms with Crippen LogP contribution in [0.4, 0.5) is 0 Å². The third-order valence-corrected chi connectivity index (χ3v) is 3.90. The van der Waals surface area contributed by atoms with Gasteiger partial charge in [-0.05, 0) is 5.56 Å². The van der Waals surface area contributed by atoms with Crippen LogP contribution in [0.2, 0.25) is 0 Å². The number of hydrogen-bond acceptors (Lipinski definition) is 9. The Bertz CT molecular complexity index is 675. The van der Waals surface area contributed by atoms with Gasteiger partial charge in [0.2, 0.25) is 12.4 Å². The SMILES string of the molecule is CC(=O)OC1O[C@H](COCc2ccccc2)[C@@H](O)[C@H](OC(C)=O)[C@H]1OC(C)=O. The van der Waals surface area contributed by atoms with E-state index in [0.29, 0.717) is 0 Å². The molecule has 0 aromatic heterocycles. The summed E-state index contributed by atoms with van der Waals surface area (Å²) in [7, 11) is 0. The molecular formula is C19H24O9. The molecule has 9 heteroatoms. The lowest BCUT2D eigenvalue weighted by Gasteiger charge is -2.42. The minimum atomic E-state index is -1.36. The molecule has 0 spiro atoms. The minimum Gasteiger partial charge on any atom is -0.455 e. The van der Waals surface area contributed by atoms with Crippen molar-refractivity contribution in [1.82, 2.24) is 0 Å². The highest BCUT2D eigenvalue weighted by atomic mass is 16.7. The summed E-state index contributed by atoms with van der Waals surface area (Å²) in [6, 6.07) is 9.35. The Morgan fingerprint density at radius 2 is 1.50 bits per heavy atom. The van der Waals surface area contributed by atoms with Gasteiger partial charge in [0, 0.05) is 20.8 Å². The van der Waals surface area contributed by atoms with E-state index in [2.05, 4.69) is 0 Å². The fraction of sp³-hybridized carbons (Fsp3) is 0.526. The smallest absolute Gasteiger partial charge is 0.305 e. The molecule has 1 heterocycles. The molecule has 1 aliphatic rings. The Balaban J connectivity index is 2.13. The highest BCUT2D eigenvalue weighted by molar-refractivity contribution is 5.68. The molecule has 5 atom stereocenters. The molecule has 2 rings (SSSR count). The summed E-state index contributed by atoms with van der Waals surface area (Å²) < 4.78 is 26.5. The van der Waals surface area contributed by atoms with Crippen molar-refractivity contribution in [2.24, 2.45) is 0 Å². The van der Waals surface area contributed by atoms with Gasteiger partial charge in [-0.1, -0.05) is 30.3 Å². The molecule has 9 nitrogen and oxygen atoms in total. The van der Waals surface area contributed by atoms with Gasteiger partial charge in [0.15, 0.2) is 6.10 Å². The fourth-order valence-corrected chi connectivity index (χ4v) is 2.80. The molecule has 1 unspecified atom stereocenters. The zero-order chi connectivity index (χ0) is 20.7. The van der Waals surface area contributed by atoms with Crippen molar-refractivity contribution in [3.63, 3.8) is 0 Å². The van der Waals surface area contributed by atoms with E-state index in [4.69, 9.17) is 23.7 Å². The average Bonchev–Trinajstić information content (AvgIpc) is 2.61. The van der Waals surface area contributed by atoms with E-state index in [1.807, 2.05) is 30.3 Å². The molecule has 0 aliphatic carbocycles. The first kappa shape index (κ1) is 21.8. The van der Waals surface area contributed by atoms with E-state index in [1.165, 1.54) is 0 Å². The molecule has 1 aliphatic heterocycles. The van der Waals surface area contributed by atoms with Crippen LogP contribution in [0.15, 0.2) is 30.3 Å². The number of benzene rings is 1. The number of carbonyl (C=O) groups is 3. The molecule has 1 fully saturated rings. The second-order valence-electron chi connectivity index (χ2n) is 6.29. The monoisotopic (exact) mass is 396 g/mol. The van der Waals surface area contributed by atoms with Crippen LogP contribution in [0.3, 0.4) is 0 Å². The second-order valence-corrected chi connectivity index (χ2v) is 6.29. The number of ether oxygens (including phenoxy) is 5. The van der Waals surface area contributed by atoms with Crippen LogP contribution in [-0.4, -0.2) is 60.3 Å². The molecule has 0 radical (unpaired) electrons. The molecular weight excluding hydrogens is 372 g/mol. The maximum absolute atomic E-state index is 11.5. The maximum Gasteiger partial charge on any atom is 0.305 e. The van der Waals surface area contributed by atoms with Crippen molar-refractivity contribution in [3.8, 4) is 0 Å². The van der Waals surface area contributed by atoms with E-state index in [9.17, 15) is 19.5 Å². The summed E-state index contributed by atoms with van der Waals surface area (Å²) >= 11 is 0. The number of hydrogen-bond donors (Lipinski definition) is 1. The maximum atomic E-state index is 11.5. The van der Waals surface area contributed by atoms with Crippen LogP contribution in [0, 0.1) is 0 Å². The topological polar surface area (TPSA) is 118 Å². The summed E-state index contributed by atoms with van der Waals surface area (Å²) in [5, 5.41) is 10.6. The molecule has 1 aromatic rings. The van der Waals surface area contributed by atoms with Gasteiger partial charge < -0.3 is 28.8 Å². The Hall–Kier alpha value is -2.49. The number of esters is 3. The standard InChI is InChI=1S/C19H24O9/c1-11(20)25-17-16(23)15(10-24-9-14-7-5-4-6-8-14)28-19(27-13(3)22)18(17)26-12(2)21/h4-8,15-19,23H,9-10H2,1-3H3/t15-,16-,17+,18-,19?/m1/s1. The minimum absolute atomic E-state index is 0.0710. The van der Waals surface area contributed by atoms with Crippen LogP contribution in [-0.2, 0) is 44.7 Å². The van der Waals surface area contributed by atoms with Crippen molar-refractivity contribution in [1.29, 1.82) is 0 Å². The highest BCUT2D eigenvalue weighted by Crippen LogP contribution is 2.28. The predicted octanol–water partition coefficient (Wildman–Crippen LogP) is 0.715. The average molecular weight is 396 g/mol. The van der Waals surface area contributed by atoms with Crippen LogP contribution in [0.5, 0.6) is 0 Å². The van der Waals surface area contributed by atoms with Gasteiger partial charge in [0.1, 0.15) is 12.2 Å². The predicted molar refractivity (Wildman–Crippen MR) is 93.6 cm³/mol. The van der Waals surface area contributed by atoms with E-state index in [-0.39, 0.29) is 13.2 Å². The molecule has 154 valence electrons. The lowest BCUT2D eigenvalue weighted by molar-refractivity contribution is -0.299. The summed E-state index contributed by atoms with van der Waals surface area (Å²) in [4.78, 5) is 34.3. The normalized spacial score (nSPS) is 26.9. The van der Waals surface area contributed by atoms with E-state index >= 15 is 0 Å². The van der Waals surface area contributed by atoms with Crippen molar-refractivity contribution in [3.05, 3.63) is 35.9 Å². The summed E-state index contributed by atoms with van der Waals surface area (Å²) in [5.41, 5.74) is 0.915. The van der Waals surface area contributed by atoms with Gasteiger partial charge in [-0.3, -0.25) is 14.4 Å². The first-order valence-corrected chi connectivity index (χ1v) is 8.74. The third-order valence-electron chi connectivity index (χ3n) is 3.90. The Morgan fingerprint density at radius 1 is 0.929 bits per heavy atom. The number of rotatable bonds is 7. The van der Waals surface area contributed by atoms with Gasteiger partial charge >= 0.3 is 17.9 Å². The summed E-state index contributed by atoms with van der Waals surface area (Å²) in [5.74, 6) is -2.11. The fourth-order valence-electron chi connectivity index (χ4n) is 2.80. The van der Waals surface area contributed by atoms with Crippen molar-refractivity contribution >= 4 is 17.9 Å². The van der Waals surface area contributed by atoms with Crippen LogP contribution >= 0.6 is 0 Å². The molecule has 1 saturated heterocycles. The number of aliphatic hydroxyl groups excluding tert-OH is 1. The summed E-state index contributed by atoms with van der Waals surface area (Å²) in [6.45, 7) is 3.63. The van der Waals surface area contributed by atoms with E-state index in [1.54, 1.807) is 0 Å². The van der Waals surface area contributed by atoms with Crippen LogP contribution in [0.25, 0.3) is 0 Å². The van der Waals surface area contributed by atoms with Gasteiger partial charge in [-0.2, -0.15) is 0 Å². The Labute approximate surface area is 162 Å². The van der Waals surface area contributed by atoms with Gasteiger partial charge in [0.05, 0.1) is 13.2 Å². The van der Waals surface area contributed by atoms with Crippen molar-refractivity contribution < 1.29 is 43.2 Å². The lowest BCUT2D eigenvalue weighted by atomic mass is 9.98. The van der Waals surface area contributed by atoms with Gasteiger partial charge in [-0.15, -0.1) is 0 Å². The second kappa shape index (κ2) is 10.2. The largest absolute Gasteiger partial charge is 0.455 e. The molecule has 0 amide bonds. The van der Waals surface area contributed by atoms with Crippen LogP contribution < -0.4 is 0 Å². The quantitative estimate of drug-likeness (QED) is 0.525. The van der Waals surface area contributed by atoms with E-state index < -0.39 is 48.6 Å². The molecule has 0 saturated carbocycles. The molecule has 28 heavy (non-hydrogen) atoms. The Morgan fingerprint density at radius 3 is 2.07 bits per heavy atom. The van der Waals surface area contributed by atoms with Crippen LogP contribution in [0.1, 0.15) is 26.3 Å². The first-order valence-electron chi connectivity index (χ1n) is 8.74. The van der Waals surface area contributed by atoms with E-state index in [0.717, 1.165) is 26.3 Å². The summed E-state index contributed by atoms with van der Waals surface area (Å²) in [6.07, 6.45) is -6.31.